The quantitative estimate of drug-likeness (QED) is 0.359. The molecule has 4 aromatic carbocycles. The molecule has 0 unspecified atom stereocenters. The van der Waals surface area contributed by atoms with Crippen LogP contribution in [0.4, 0.5) is 0 Å². The van der Waals surface area contributed by atoms with Gasteiger partial charge in [0.05, 0.1) is 22.1 Å². The highest BCUT2D eigenvalue weighted by molar-refractivity contribution is 5.93. The van der Waals surface area contributed by atoms with Gasteiger partial charge < -0.3 is 4.57 Å². The molecule has 0 fully saturated rings. The van der Waals surface area contributed by atoms with Gasteiger partial charge in [0.25, 0.3) is 0 Å². The molecule has 0 N–H and O–H groups in total. The van der Waals surface area contributed by atoms with Gasteiger partial charge in [-0.1, -0.05) is 66.7 Å². The molecule has 0 aliphatic carbocycles. The fraction of sp³-hybridized carbons (Fsp3) is 0.0370. The maximum Gasteiger partial charge on any atom is 0.143 e. The van der Waals surface area contributed by atoms with Crippen molar-refractivity contribution in [1.29, 1.82) is 0 Å². The molecule has 0 amide bonds. The summed E-state index contributed by atoms with van der Waals surface area (Å²) in [4.78, 5) is 9.82. The van der Waals surface area contributed by atoms with Crippen LogP contribution in [0.1, 0.15) is 5.56 Å². The minimum absolute atomic E-state index is 0.756. The number of imidazole rings is 2. The first kappa shape index (κ1) is 17.7. The molecule has 6 aromatic rings. The SMILES string of the molecule is c1ccc(Cn2c(-c3cccc4c3ncn4-c3ccccc3)nc3ccccc32)cc1. The zero-order valence-electron chi connectivity index (χ0n) is 16.9. The molecule has 0 aliphatic heterocycles. The first-order valence-corrected chi connectivity index (χ1v) is 10.4. The van der Waals surface area contributed by atoms with Crippen LogP contribution < -0.4 is 0 Å². The minimum Gasteiger partial charge on any atom is -0.319 e. The van der Waals surface area contributed by atoms with Crippen molar-refractivity contribution in [3.05, 3.63) is 115 Å². The summed E-state index contributed by atoms with van der Waals surface area (Å²) in [5.41, 5.74) is 7.53. The third kappa shape index (κ3) is 3.01. The molecular formula is C27H20N4. The lowest BCUT2D eigenvalue weighted by atomic mass is 10.1. The fourth-order valence-electron chi connectivity index (χ4n) is 4.22. The highest BCUT2D eigenvalue weighted by atomic mass is 15.1. The fourth-order valence-corrected chi connectivity index (χ4v) is 4.22. The Bertz CT molecular complexity index is 1490. The van der Waals surface area contributed by atoms with Crippen molar-refractivity contribution < 1.29 is 0 Å². The van der Waals surface area contributed by atoms with E-state index < -0.39 is 0 Å². The second-order valence-electron chi connectivity index (χ2n) is 7.62. The van der Waals surface area contributed by atoms with Crippen LogP contribution in [0.2, 0.25) is 0 Å². The standard InChI is InChI=1S/C27H20N4/c1-3-10-20(11-4-1)18-30-24-16-8-7-15-23(24)29-27(30)22-14-9-17-25-26(22)28-19-31(25)21-12-5-2-6-13-21/h1-17,19H,18H2. The first-order valence-electron chi connectivity index (χ1n) is 10.4. The van der Waals surface area contributed by atoms with E-state index in [0.29, 0.717) is 0 Å². The number of para-hydroxylation sites is 4. The summed E-state index contributed by atoms with van der Waals surface area (Å²) in [6.07, 6.45) is 1.90. The van der Waals surface area contributed by atoms with Crippen molar-refractivity contribution in [2.24, 2.45) is 0 Å². The highest BCUT2D eigenvalue weighted by Gasteiger charge is 2.17. The van der Waals surface area contributed by atoms with Crippen molar-refractivity contribution in [3.8, 4) is 17.1 Å². The van der Waals surface area contributed by atoms with E-state index in [2.05, 4.69) is 81.9 Å². The van der Waals surface area contributed by atoms with E-state index in [1.165, 1.54) is 5.56 Å². The number of benzene rings is 4. The largest absolute Gasteiger partial charge is 0.319 e. The van der Waals surface area contributed by atoms with Crippen molar-refractivity contribution in [3.63, 3.8) is 0 Å². The van der Waals surface area contributed by atoms with E-state index in [4.69, 9.17) is 9.97 Å². The molecule has 4 heteroatoms. The average Bonchev–Trinajstić information content (AvgIpc) is 3.42. The van der Waals surface area contributed by atoms with Gasteiger partial charge in [0.15, 0.2) is 0 Å². The molecule has 148 valence electrons. The third-order valence-corrected chi connectivity index (χ3v) is 5.69. The highest BCUT2D eigenvalue weighted by Crippen LogP contribution is 2.31. The molecule has 0 saturated carbocycles. The topological polar surface area (TPSA) is 35.6 Å². The molecule has 2 heterocycles. The maximum atomic E-state index is 5.02. The monoisotopic (exact) mass is 400 g/mol. The number of nitrogens with zero attached hydrogens (tertiary/aromatic N) is 4. The molecule has 6 rings (SSSR count). The van der Waals surface area contributed by atoms with Gasteiger partial charge in [-0.05, 0) is 42.0 Å². The Balaban J connectivity index is 1.57. The van der Waals surface area contributed by atoms with E-state index in [1.807, 2.05) is 36.7 Å². The summed E-state index contributed by atoms with van der Waals surface area (Å²) in [6.45, 7) is 0.756. The average molecular weight is 400 g/mol. The summed E-state index contributed by atoms with van der Waals surface area (Å²) in [7, 11) is 0. The van der Waals surface area contributed by atoms with Gasteiger partial charge in [0.2, 0.25) is 0 Å². The lowest BCUT2D eigenvalue weighted by Gasteiger charge is -2.11. The van der Waals surface area contributed by atoms with Gasteiger partial charge in [-0.3, -0.25) is 4.57 Å². The molecule has 0 atom stereocenters. The lowest BCUT2D eigenvalue weighted by Crippen LogP contribution is -2.02. The van der Waals surface area contributed by atoms with Crippen molar-refractivity contribution in [2.75, 3.05) is 0 Å². The van der Waals surface area contributed by atoms with Crippen LogP contribution in [0.15, 0.2) is 109 Å². The summed E-state index contributed by atoms with van der Waals surface area (Å²) < 4.78 is 4.42. The van der Waals surface area contributed by atoms with E-state index in [1.54, 1.807) is 0 Å². The Hall–Kier alpha value is -4.18. The smallest absolute Gasteiger partial charge is 0.143 e. The second-order valence-corrected chi connectivity index (χ2v) is 7.62. The van der Waals surface area contributed by atoms with E-state index in [0.717, 1.165) is 45.7 Å². The Morgan fingerprint density at radius 1 is 0.645 bits per heavy atom. The molecule has 0 bridgehead atoms. The molecule has 2 aromatic heterocycles. The molecule has 31 heavy (non-hydrogen) atoms. The summed E-state index contributed by atoms with van der Waals surface area (Å²) in [5, 5.41) is 0. The van der Waals surface area contributed by atoms with Crippen molar-refractivity contribution in [2.45, 2.75) is 6.54 Å². The van der Waals surface area contributed by atoms with Crippen LogP contribution in [0.5, 0.6) is 0 Å². The Labute approximate surface area is 180 Å². The van der Waals surface area contributed by atoms with Crippen LogP contribution in [0, 0.1) is 0 Å². The summed E-state index contributed by atoms with van der Waals surface area (Å²) in [5.74, 6) is 0.939. The zero-order chi connectivity index (χ0) is 20.6. The molecular weight excluding hydrogens is 380 g/mol. The molecule has 0 radical (unpaired) electrons. The lowest BCUT2D eigenvalue weighted by molar-refractivity contribution is 0.835. The number of fused-ring (bicyclic) bond motifs is 2. The van der Waals surface area contributed by atoms with Crippen molar-refractivity contribution in [1.82, 2.24) is 19.1 Å². The summed E-state index contributed by atoms with van der Waals surface area (Å²) >= 11 is 0. The Morgan fingerprint density at radius 3 is 2.19 bits per heavy atom. The third-order valence-electron chi connectivity index (χ3n) is 5.69. The minimum atomic E-state index is 0.756. The Kier molecular flexibility index (Phi) is 4.13. The Morgan fingerprint density at radius 2 is 1.35 bits per heavy atom. The second kappa shape index (κ2) is 7.26. The molecule has 0 saturated heterocycles. The van der Waals surface area contributed by atoms with E-state index in [9.17, 15) is 0 Å². The number of rotatable bonds is 4. The van der Waals surface area contributed by atoms with E-state index >= 15 is 0 Å². The van der Waals surface area contributed by atoms with Crippen LogP contribution in [0.3, 0.4) is 0 Å². The van der Waals surface area contributed by atoms with Gasteiger partial charge in [-0.15, -0.1) is 0 Å². The van der Waals surface area contributed by atoms with Crippen LogP contribution in [-0.2, 0) is 6.54 Å². The first-order chi connectivity index (χ1) is 15.4. The van der Waals surface area contributed by atoms with Crippen LogP contribution >= 0.6 is 0 Å². The summed E-state index contributed by atoms with van der Waals surface area (Å²) in [6, 6.07) is 35.5. The van der Waals surface area contributed by atoms with E-state index in [-0.39, 0.29) is 0 Å². The normalized spacial score (nSPS) is 11.4. The number of aromatic nitrogens is 4. The zero-order valence-corrected chi connectivity index (χ0v) is 16.9. The van der Waals surface area contributed by atoms with Gasteiger partial charge in [0, 0.05) is 17.8 Å². The number of hydrogen-bond acceptors (Lipinski definition) is 2. The van der Waals surface area contributed by atoms with Gasteiger partial charge in [-0.25, -0.2) is 9.97 Å². The molecule has 0 spiro atoms. The molecule has 0 aliphatic rings. The van der Waals surface area contributed by atoms with Gasteiger partial charge >= 0.3 is 0 Å². The molecule has 4 nitrogen and oxygen atoms in total. The predicted molar refractivity (Wildman–Crippen MR) is 125 cm³/mol. The predicted octanol–water partition coefficient (Wildman–Crippen LogP) is 6.09. The van der Waals surface area contributed by atoms with Gasteiger partial charge in [-0.2, -0.15) is 0 Å². The van der Waals surface area contributed by atoms with Gasteiger partial charge in [0.1, 0.15) is 12.2 Å². The van der Waals surface area contributed by atoms with Crippen molar-refractivity contribution >= 4 is 22.1 Å². The number of hydrogen-bond donors (Lipinski definition) is 0. The van der Waals surface area contributed by atoms with Crippen LogP contribution in [0.25, 0.3) is 39.1 Å². The van der Waals surface area contributed by atoms with Crippen LogP contribution in [-0.4, -0.2) is 19.1 Å². The maximum absolute atomic E-state index is 5.02.